The van der Waals surface area contributed by atoms with Gasteiger partial charge in [-0.1, -0.05) is 183 Å². The fraction of sp³-hybridized carbons (Fsp3) is 0.329. The zero-order valence-corrected chi connectivity index (χ0v) is 54.7. The molecule has 0 spiro atoms. The first-order valence-corrected chi connectivity index (χ1v) is 32.9. The minimum atomic E-state index is -1.55. The number of aromatic nitrogens is 2. The van der Waals surface area contributed by atoms with Crippen LogP contribution in [-0.2, 0) is 31.3 Å². The molecule has 6 aromatic carbocycles. The van der Waals surface area contributed by atoms with Gasteiger partial charge in [0.05, 0.1) is 13.8 Å². The summed E-state index contributed by atoms with van der Waals surface area (Å²) in [6, 6.07) is 51.2. The summed E-state index contributed by atoms with van der Waals surface area (Å²) in [6.45, 7) is 35.3. The summed E-state index contributed by atoms with van der Waals surface area (Å²) in [7, 11) is -1.55. The number of hydrogen-bond acceptors (Lipinski definition) is 5. The van der Waals surface area contributed by atoms with Crippen molar-refractivity contribution in [2.75, 3.05) is 0 Å². The minimum Gasteiger partial charge on any atom is -0.512 e. The predicted octanol–water partition coefficient (Wildman–Crippen LogP) is 20.3. The molecule has 3 aromatic heterocycles. The molecule has 0 aliphatic heterocycles. The van der Waals surface area contributed by atoms with Crippen LogP contribution in [0.1, 0.15) is 113 Å². The molecule has 1 radical (unpaired) electrons. The molecule has 9 rings (SSSR count). The molecule has 0 saturated carbocycles. The summed E-state index contributed by atoms with van der Waals surface area (Å²) in [4.78, 5) is 22.6. The molecule has 0 amide bonds. The zero-order chi connectivity index (χ0) is 57.3. The van der Waals surface area contributed by atoms with Gasteiger partial charge >= 0.3 is 0 Å². The number of ketones is 1. The molecule has 7 heteroatoms. The van der Waals surface area contributed by atoms with E-state index in [-0.39, 0.29) is 43.5 Å². The number of allylic oxidation sites excluding steroid dienone is 2. The molecule has 0 aliphatic rings. The molecular formula is C73H84IrN2O2SSi-2. The molecule has 0 bridgehead atoms. The van der Waals surface area contributed by atoms with Crippen LogP contribution in [0.4, 0.5) is 0 Å². The first-order chi connectivity index (χ1) is 37.5. The van der Waals surface area contributed by atoms with Crippen molar-refractivity contribution in [3.63, 3.8) is 0 Å². The Morgan fingerprint density at radius 1 is 0.637 bits per heavy atom. The maximum absolute atomic E-state index is 11.7. The van der Waals surface area contributed by atoms with E-state index in [0.717, 1.165) is 60.2 Å². The van der Waals surface area contributed by atoms with E-state index < -0.39 is 8.07 Å². The number of rotatable bonds is 14. The molecule has 419 valence electrons. The number of aliphatic hydroxyl groups is 1. The van der Waals surface area contributed by atoms with E-state index in [2.05, 4.69) is 220 Å². The molecule has 4 nitrogen and oxygen atoms in total. The number of nitrogens with zero attached hydrogens (tertiary/aromatic N) is 2. The van der Waals surface area contributed by atoms with Gasteiger partial charge in [0.2, 0.25) is 0 Å². The summed E-state index contributed by atoms with van der Waals surface area (Å²) < 4.78 is 1.26. The molecule has 0 unspecified atom stereocenters. The largest absolute Gasteiger partial charge is 0.512 e. The Morgan fingerprint density at radius 2 is 1.20 bits per heavy atom. The second kappa shape index (κ2) is 27.6. The van der Waals surface area contributed by atoms with Crippen LogP contribution in [0.5, 0.6) is 0 Å². The maximum atomic E-state index is 11.7. The second-order valence-corrected chi connectivity index (χ2v) is 30.0. The van der Waals surface area contributed by atoms with Crippen LogP contribution < -0.4 is 5.19 Å². The van der Waals surface area contributed by atoms with Crippen LogP contribution in [0.15, 0.2) is 146 Å². The van der Waals surface area contributed by atoms with Gasteiger partial charge in [0.25, 0.3) is 0 Å². The third-order valence-electron chi connectivity index (χ3n) is 15.1. The molecule has 1 N–H and O–H groups in total. The van der Waals surface area contributed by atoms with Gasteiger partial charge in [0.1, 0.15) is 0 Å². The van der Waals surface area contributed by atoms with E-state index in [1.807, 2.05) is 51.4 Å². The van der Waals surface area contributed by atoms with Crippen LogP contribution in [0.3, 0.4) is 0 Å². The van der Waals surface area contributed by atoms with Crippen molar-refractivity contribution < 1.29 is 30.0 Å². The van der Waals surface area contributed by atoms with Crippen molar-refractivity contribution in [2.24, 2.45) is 17.3 Å². The molecule has 3 heterocycles. The van der Waals surface area contributed by atoms with Gasteiger partial charge in [-0.05, 0) is 138 Å². The van der Waals surface area contributed by atoms with E-state index in [1.54, 1.807) is 0 Å². The maximum Gasteiger partial charge on any atom is 0.162 e. The SMILES string of the molecule is CCC(CC)C(=O)/C=C(\O)C(CC)CC.Cc1[c-]c(-c2cc(-c3ccc(-c4ccc(CC(C)(C)C)cc4)cc3)ccn2)cc(C)c1.Cc1cc(C)c(-c2sc3c(-c4[c-]c5ccccc5c([Si](C)(C)C)c4)nccc3c2C)c(C)c1.[Ir]. The van der Waals surface area contributed by atoms with E-state index in [9.17, 15) is 9.90 Å². The number of benzene rings is 6. The Balaban J connectivity index is 0.000000206. The second-order valence-electron chi connectivity index (χ2n) is 24.0. The molecule has 0 aliphatic carbocycles. The van der Waals surface area contributed by atoms with Crippen molar-refractivity contribution in [1.82, 2.24) is 9.97 Å². The van der Waals surface area contributed by atoms with Crippen molar-refractivity contribution >= 4 is 51.2 Å². The van der Waals surface area contributed by atoms with E-state index in [0.29, 0.717) is 5.41 Å². The van der Waals surface area contributed by atoms with Crippen LogP contribution in [0.2, 0.25) is 19.6 Å². The van der Waals surface area contributed by atoms with Gasteiger partial charge in [-0.25, -0.2) is 0 Å². The average molecular weight is 1270 g/mol. The van der Waals surface area contributed by atoms with E-state index >= 15 is 0 Å². The monoisotopic (exact) mass is 1270 g/mol. The standard InChI is InChI=1S/C30H30NSSi.C30H30N.C13H24O2.Ir/c1-18-14-19(2)27(20(3)15-18)29-21(4)24-12-13-31-28(30(24)32-29)23-16-22-10-8-9-11-25(22)26(17-23)33(5,6)7;1-21-16-22(2)18-28(17-21)29-19-27(14-15-31-29)26-12-10-25(11-13-26)24-8-6-23(7-9-24)20-30(3,4)5;1-5-10(6-2)12(14)9-13(15)11(7-3)8-4;/h8-15,17H,1-7H3;6-17,19H,20H2,1-5H3;9-11,14H,5-8H2,1-4H3;/q2*-1;;/b;;12-9-;. The number of aliphatic hydroxyl groups excluding tert-OH is 1. The number of carbonyl (C=O) groups excluding carboxylic acids is 1. The fourth-order valence-corrected chi connectivity index (χ4v) is 14.0. The third-order valence-corrected chi connectivity index (χ3v) is 18.5. The van der Waals surface area contributed by atoms with Crippen molar-refractivity contribution in [3.8, 4) is 55.2 Å². The van der Waals surface area contributed by atoms with Crippen molar-refractivity contribution in [2.45, 2.75) is 142 Å². The fourth-order valence-electron chi connectivity index (χ4n) is 10.9. The number of aryl methyl sites for hydroxylation is 6. The van der Waals surface area contributed by atoms with Crippen LogP contribution in [0.25, 0.3) is 76.1 Å². The van der Waals surface area contributed by atoms with Crippen LogP contribution in [-0.4, -0.2) is 28.9 Å². The Labute approximate surface area is 498 Å². The van der Waals surface area contributed by atoms with Crippen LogP contribution >= 0.6 is 11.3 Å². The number of fused-ring (bicyclic) bond motifs is 2. The van der Waals surface area contributed by atoms with E-state index in [1.165, 1.54) is 98.2 Å². The quantitative estimate of drug-likeness (QED) is 0.0510. The van der Waals surface area contributed by atoms with Crippen molar-refractivity contribution in [3.05, 3.63) is 197 Å². The Bertz CT molecular complexity index is 3550. The van der Waals surface area contributed by atoms with Gasteiger partial charge in [0.15, 0.2) is 5.78 Å². The van der Waals surface area contributed by atoms with Gasteiger partial charge in [-0.2, -0.15) is 0 Å². The first kappa shape index (κ1) is 63.1. The topological polar surface area (TPSA) is 63.1 Å². The van der Waals surface area contributed by atoms with Crippen LogP contribution in [0, 0.1) is 70.9 Å². The number of carbonyl (C=O) groups is 1. The Hall–Kier alpha value is -6.08. The molecule has 80 heavy (non-hydrogen) atoms. The van der Waals surface area contributed by atoms with Gasteiger partial charge in [-0.3, -0.25) is 9.78 Å². The van der Waals surface area contributed by atoms with Gasteiger partial charge in [0, 0.05) is 65.7 Å². The average Bonchev–Trinajstić information content (AvgIpc) is 3.73. The first-order valence-electron chi connectivity index (χ1n) is 28.6. The summed E-state index contributed by atoms with van der Waals surface area (Å²) in [5, 5.41) is 15.1. The predicted molar refractivity (Wildman–Crippen MR) is 345 cm³/mol. The Kier molecular flexibility index (Phi) is 21.8. The van der Waals surface area contributed by atoms with Crippen molar-refractivity contribution in [1.29, 1.82) is 0 Å². The summed E-state index contributed by atoms with van der Waals surface area (Å²) >= 11 is 1.88. The molecule has 0 fully saturated rings. The Morgan fingerprint density at radius 3 is 1.77 bits per heavy atom. The number of thiophene rings is 1. The third kappa shape index (κ3) is 15.7. The molecule has 9 aromatic rings. The summed E-state index contributed by atoms with van der Waals surface area (Å²) in [6.07, 6.45) is 9.85. The van der Waals surface area contributed by atoms with Gasteiger partial charge in [-0.15, -0.1) is 75.0 Å². The van der Waals surface area contributed by atoms with E-state index in [4.69, 9.17) is 4.98 Å². The zero-order valence-electron chi connectivity index (χ0n) is 50.5. The smallest absolute Gasteiger partial charge is 0.162 e. The summed E-state index contributed by atoms with van der Waals surface area (Å²) in [5.41, 5.74) is 19.8. The number of pyridine rings is 2. The molecule has 0 saturated heterocycles. The summed E-state index contributed by atoms with van der Waals surface area (Å²) in [5.74, 6) is 0.547. The molecular weight excluding hydrogens is 1190 g/mol. The number of hydrogen-bond donors (Lipinski definition) is 1. The molecule has 0 atom stereocenters. The van der Waals surface area contributed by atoms with Gasteiger partial charge < -0.3 is 10.1 Å². The normalized spacial score (nSPS) is 11.8. The minimum absolute atomic E-state index is 0.